The van der Waals surface area contributed by atoms with Gasteiger partial charge in [0.05, 0.1) is 26.2 Å². The molecule has 3 rings (SSSR count). The van der Waals surface area contributed by atoms with Crippen LogP contribution in [0.1, 0.15) is 11.1 Å². The number of nitrogens with one attached hydrogen (secondary N) is 1. The molecule has 0 unspecified atom stereocenters. The van der Waals surface area contributed by atoms with Gasteiger partial charge >= 0.3 is 0 Å². The van der Waals surface area contributed by atoms with E-state index in [1.807, 2.05) is 12.1 Å². The zero-order valence-corrected chi connectivity index (χ0v) is 12.5. The number of phenols is 1. The zero-order valence-electron chi connectivity index (χ0n) is 12.5. The van der Waals surface area contributed by atoms with Gasteiger partial charge in [0.1, 0.15) is 12.3 Å². The Balaban J connectivity index is 1.58. The molecule has 1 aliphatic heterocycles. The second kappa shape index (κ2) is 6.19. The van der Waals surface area contributed by atoms with Gasteiger partial charge in [-0.15, -0.1) is 0 Å². The van der Waals surface area contributed by atoms with Gasteiger partial charge in [-0.2, -0.15) is 0 Å². The number of quaternary nitrogens is 1. The summed E-state index contributed by atoms with van der Waals surface area (Å²) in [5.41, 5.74) is 4.07. The molecule has 0 amide bonds. The Labute approximate surface area is 126 Å². The van der Waals surface area contributed by atoms with Gasteiger partial charge in [0.15, 0.2) is 0 Å². The molecule has 2 aromatic rings. The lowest BCUT2D eigenvalue weighted by atomic mass is 10.1. The van der Waals surface area contributed by atoms with E-state index in [-0.39, 0.29) is 0 Å². The minimum atomic E-state index is 0.336. The fourth-order valence-corrected chi connectivity index (χ4v) is 3.00. The Hall–Kier alpha value is -2.00. The van der Waals surface area contributed by atoms with E-state index >= 15 is 0 Å². The van der Waals surface area contributed by atoms with Gasteiger partial charge in [0.2, 0.25) is 0 Å². The number of hydrogen-bond donors (Lipinski definition) is 2. The lowest BCUT2D eigenvalue weighted by Gasteiger charge is -2.34. The van der Waals surface area contributed by atoms with E-state index in [1.165, 1.54) is 16.8 Å². The average Bonchev–Trinajstić information content (AvgIpc) is 2.51. The van der Waals surface area contributed by atoms with E-state index in [1.54, 1.807) is 17.0 Å². The van der Waals surface area contributed by atoms with Crippen molar-refractivity contribution in [3.63, 3.8) is 0 Å². The van der Waals surface area contributed by atoms with Gasteiger partial charge in [0, 0.05) is 11.3 Å². The van der Waals surface area contributed by atoms with Gasteiger partial charge in [-0.1, -0.05) is 24.3 Å². The fourth-order valence-electron chi connectivity index (χ4n) is 3.00. The predicted molar refractivity (Wildman–Crippen MR) is 85.9 cm³/mol. The van der Waals surface area contributed by atoms with Crippen molar-refractivity contribution in [3.05, 3.63) is 59.7 Å². The van der Waals surface area contributed by atoms with E-state index in [9.17, 15) is 5.11 Å². The number of anilines is 1. The van der Waals surface area contributed by atoms with Crippen LogP contribution in [0.2, 0.25) is 0 Å². The lowest BCUT2D eigenvalue weighted by Crippen LogP contribution is -3.13. The van der Waals surface area contributed by atoms with Crippen LogP contribution in [0.25, 0.3) is 0 Å². The molecule has 0 atom stereocenters. The van der Waals surface area contributed by atoms with Crippen LogP contribution in [-0.4, -0.2) is 31.3 Å². The van der Waals surface area contributed by atoms with E-state index in [0.717, 1.165) is 32.7 Å². The molecule has 1 aliphatic rings. The molecule has 110 valence electrons. The smallest absolute Gasteiger partial charge is 0.115 e. The molecule has 21 heavy (non-hydrogen) atoms. The van der Waals surface area contributed by atoms with Gasteiger partial charge in [-0.25, -0.2) is 0 Å². The largest absolute Gasteiger partial charge is 0.508 e. The van der Waals surface area contributed by atoms with Crippen molar-refractivity contribution >= 4 is 5.69 Å². The molecule has 0 aliphatic carbocycles. The minimum Gasteiger partial charge on any atom is -0.508 e. The highest BCUT2D eigenvalue weighted by atomic mass is 16.3. The molecule has 1 fully saturated rings. The van der Waals surface area contributed by atoms with Crippen LogP contribution in [0.5, 0.6) is 5.75 Å². The van der Waals surface area contributed by atoms with Crippen LogP contribution in [-0.2, 0) is 6.54 Å². The summed E-state index contributed by atoms with van der Waals surface area (Å²) in [4.78, 5) is 4.06. The maximum Gasteiger partial charge on any atom is 0.115 e. The normalized spacial score (nSPS) is 16.1. The number of piperazine rings is 1. The second-order valence-corrected chi connectivity index (χ2v) is 5.86. The Morgan fingerprint density at radius 1 is 1.00 bits per heavy atom. The summed E-state index contributed by atoms with van der Waals surface area (Å²) in [7, 11) is 0. The fraction of sp³-hybridized carbons (Fsp3) is 0.333. The van der Waals surface area contributed by atoms with E-state index in [4.69, 9.17) is 0 Å². The summed E-state index contributed by atoms with van der Waals surface area (Å²) in [6, 6.07) is 16.2. The molecule has 0 bridgehead atoms. The van der Waals surface area contributed by atoms with Crippen LogP contribution in [0.15, 0.2) is 48.5 Å². The summed E-state index contributed by atoms with van der Waals surface area (Å²) in [6.07, 6.45) is 0. The van der Waals surface area contributed by atoms with Crippen molar-refractivity contribution in [1.29, 1.82) is 0 Å². The molecule has 3 nitrogen and oxygen atoms in total. The maximum absolute atomic E-state index is 9.36. The molecule has 0 saturated carbocycles. The third-order valence-corrected chi connectivity index (χ3v) is 4.39. The van der Waals surface area contributed by atoms with E-state index in [2.05, 4.69) is 36.1 Å². The molecule has 1 saturated heterocycles. The third-order valence-electron chi connectivity index (χ3n) is 4.39. The molecule has 1 heterocycles. The van der Waals surface area contributed by atoms with Crippen molar-refractivity contribution in [2.24, 2.45) is 0 Å². The van der Waals surface area contributed by atoms with Gasteiger partial charge in [-0.3, -0.25) is 0 Å². The second-order valence-electron chi connectivity index (χ2n) is 5.86. The number of aromatic hydroxyl groups is 1. The molecule has 0 aromatic heterocycles. The van der Waals surface area contributed by atoms with Crippen LogP contribution in [0, 0.1) is 6.92 Å². The highest BCUT2D eigenvalue weighted by Crippen LogP contribution is 2.18. The van der Waals surface area contributed by atoms with Gasteiger partial charge in [-0.05, 0) is 36.8 Å². The number of hydrogen-bond acceptors (Lipinski definition) is 2. The standard InChI is InChI=1S/C18H22N2O/c1-15-4-2-3-5-16(15)14-19-10-12-20(13-11-19)17-6-8-18(21)9-7-17/h2-9,21H,10-14H2,1H3/p+1. The maximum atomic E-state index is 9.36. The molecular weight excluding hydrogens is 260 g/mol. The SMILES string of the molecule is Cc1ccccc1C[NH+]1CCN(c2ccc(O)cc2)CC1. The molecule has 2 N–H and O–H groups in total. The highest BCUT2D eigenvalue weighted by Gasteiger charge is 2.20. The van der Waals surface area contributed by atoms with Crippen molar-refractivity contribution < 1.29 is 10.0 Å². The number of aryl methyl sites for hydroxylation is 1. The summed E-state index contributed by atoms with van der Waals surface area (Å²) in [5.74, 6) is 0.336. The van der Waals surface area contributed by atoms with Gasteiger partial charge in [0.25, 0.3) is 0 Å². The monoisotopic (exact) mass is 283 g/mol. The predicted octanol–water partition coefficient (Wildman–Crippen LogP) is 1.61. The quantitative estimate of drug-likeness (QED) is 0.895. The molecular formula is C18H23N2O+. The number of benzene rings is 2. The Bertz CT molecular complexity index is 586. The summed E-state index contributed by atoms with van der Waals surface area (Å²) in [6.45, 7) is 7.79. The molecule has 0 spiro atoms. The highest BCUT2D eigenvalue weighted by molar-refractivity contribution is 5.48. The first-order valence-electron chi connectivity index (χ1n) is 7.64. The Morgan fingerprint density at radius 3 is 2.33 bits per heavy atom. The van der Waals surface area contributed by atoms with Crippen LogP contribution < -0.4 is 9.80 Å². The lowest BCUT2D eigenvalue weighted by molar-refractivity contribution is -0.914. The summed E-state index contributed by atoms with van der Waals surface area (Å²) in [5, 5.41) is 9.36. The van der Waals surface area contributed by atoms with Crippen molar-refractivity contribution in [2.75, 3.05) is 31.1 Å². The first-order valence-corrected chi connectivity index (χ1v) is 7.64. The first-order chi connectivity index (χ1) is 10.2. The molecule has 0 radical (unpaired) electrons. The van der Waals surface area contributed by atoms with Gasteiger partial charge < -0.3 is 14.9 Å². The number of phenolic OH excluding ortho intramolecular Hbond substituents is 1. The number of nitrogens with zero attached hydrogens (tertiary/aromatic N) is 1. The topological polar surface area (TPSA) is 27.9 Å². The van der Waals surface area contributed by atoms with E-state index < -0.39 is 0 Å². The molecule has 2 aromatic carbocycles. The summed E-state index contributed by atoms with van der Waals surface area (Å²) < 4.78 is 0. The van der Waals surface area contributed by atoms with Crippen molar-refractivity contribution in [3.8, 4) is 5.75 Å². The Morgan fingerprint density at radius 2 is 1.67 bits per heavy atom. The van der Waals surface area contributed by atoms with E-state index in [0.29, 0.717) is 5.75 Å². The Kier molecular flexibility index (Phi) is 4.11. The van der Waals surface area contributed by atoms with Crippen molar-refractivity contribution in [1.82, 2.24) is 0 Å². The zero-order chi connectivity index (χ0) is 14.7. The van der Waals surface area contributed by atoms with Crippen molar-refractivity contribution in [2.45, 2.75) is 13.5 Å². The third kappa shape index (κ3) is 3.37. The minimum absolute atomic E-state index is 0.336. The average molecular weight is 283 g/mol. The number of rotatable bonds is 3. The van der Waals surface area contributed by atoms with Crippen LogP contribution in [0.3, 0.4) is 0 Å². The first kappa shape index (κ1) is 14.0. The molecule has 3 heteroatoms. The summed E-state index contributed by atoms with van der Waals surface area (Å²) >= 11 is 0. The van der Waals surface area contributed by atoms with Crippen LogP contribution in [0.4, 0.5) is 5.69 Å². The van der Waals surface area contributed by atoms with Crippen LogP contribution >= 0.6 is 0 Å².